The third kappa shape index (κ3) is 5.09. The summed E-state index contributed by atoms with van der Waals surface area (Å²) in [6.45, 7) is 6.31. The Morgan fingerprint density at radius 3 is 2.61 bits per heavy atom. The molecule has 1 aliphatic rings. The van der Waals surface area contributed by atoms with Gasteiger partial charge in [0.1, 0.15) is 5.82 Å². The van der Waals surface area contributed by atoms with E-state index < -0.39 is 9.84 Å². The van der Waals surface area contributed by atoms with Gasteiger partial charge in [0.05, 0.1) is 11.5 Å². The van der Waals surface area contributed by atoms with Crippen LogP contribution in [-0.2, 0) is 16.4 Å². The lowest BCUT2D eigenvalue weighted by Crippen LogP contribution is -2.42. The fourth-order valence-electron chi connectivity index (χ4n) is 2.58. The maximum absolute atomic E-state index is 11.8. The molecule has 1 aromatic rings. The highest BCUT2D eigenvalue weighted by Gasteiger charge is 2.28. The monoisotopic (exact) mass is 340 g/mol. The molecule has 0 aromatic carbocycles. The first-order chi connectivity index (χ1) is 10.9. The van der Waals surface area contributed by atoms with Crippen LogP contribution in [-0.4, -0.2) is 50.1 Å². The van der Waals surface area contributed by atoms with E-state index in [1.54, 1.807) is 6.20 Å². The van der Waals surface area contributed by atoms with Gasteiger partial charge in [-0.2, -0.15) is 0 Å². The predicted molar refractivity (Wildman–Crippen MR) is 90.2 cm³/mol. The molecule has 1 atom stereocenters. The number of sulfone groups is 1. The van der Waals surface area contributed by atoms with E-state index in [0.29, 0.717) is 13.0 Å². The first-order valence-corrected chi connectivity index (χ1v) is 9.70. The topological polar surface area (TPSA) is 91.4 Å². The molecule has 2 rings (SSSR count). The third-order valence-electron chi connectivity index (χ3n) is 3.92. The van der Waals surface area contributed by atoms with E-state index in [2.05, 4.69) is 34.4 Å². The Morgan fingerprint density at radius 1 is 1.35 bits per heavy atom. The van der Waals surface area contributed by atoms with Crippen LogP contribution < -0.4 is 15.5 Å². The maximum Gasteiger partial charge on any atom is 0.315 e. The number of carbonyl (C=O) groups is 1. The smallest absolute Gasteiger partial charge is 0.315 e. The standard InChI is InChI=1S/C15H24N4O3S/c1-3-19(4-2)14-6-5-12(9-16-14)10-17-15(20)18-13-7-8-23(21,22)11-13/h5-6,9,13H,3-4,7-8,10-11H2,1-2H3,(H2,17,18,20). The lowest BCUT2D eigenvalue weighted by molar-refractivity contribution is 0.237. The number of hydrogen-bond acceptors (Lipinski definition) is 5. The first kappa shape index (κ1) is 17.5. The summed E-state index contributed by atoms with van der Waals surface area (Å²) in [5.41, 5.74) is 0.898. The fraction of sp³-hybridized carbons (Fsp3) is 0.600. The Labute approximate surface area is 137 Å². The number of hydrogen-bond donors (Lipinski definition) is 2. The van der Waals surface area contributed by atoms with Crippen molar-refractivity contribution in [2.75, 3.05) is 29.5 Å². The van der Waals surface area contributed by atoms with E-state index in [4.69, 9.17) is 0 Å². The first-order valence-electron chi connectivity index (χ1n) is 7.88. The molecule has 2 N–H and O–H groups in total. The van der Waals surface area contributed by atoms with Crippen LogP contribution in [0.15, 0.2) is 18.3 Å². The van der Waals surface area contributed by atoms with Crippen LogP contribution in [0.1, 0.15) is 25.8 Å². The van der Waals surface area contributed by atoms with Crippen LogP contribution in [0.3, 0.4) is 0 Å². The summed E-state index contributed by atoms with van der Waals surface area (Å²) in [5.74, 6) is 1.09. The molecule has 0 spiro atoms. The second kappa shape index (κ2) is 7.63. The minimum absolute atomic E-state index is 0.0283. The summed E-state index contributed by atoms with van der Waals surface area (Å²) >= 11 is 0. The van der Waals surface area contributed by atoms with Gasteiger partial charge in [0.15, 0.2) is 9.84 Å². The van der Waals surface area contributed by atoms with Crippen molar-refractivity contribution in [3.05, 3.63) is 23.9 Å². The molecule has 1 aliphatic heterocycles. The summed E-state index contributed by atoms with van der Waals surface area (Å²) in [5, 5.41) is 5.43. The Kier molecular flexibility index (Phi) is 5.81. The second-order valence-corrected chi connectivity index (χ2v) is 7.85. The molecule has 2 heterocycles. The van der Waals surface area contributed by atoms with Crippen LogP contribution in [0, 0.1) is 0 Å². The molecule has 7 nitrogen and oxygen atoms in total. The summed E-state index contributed by atoms with van der Waals surface area (Å²) in [6.07, 6.45) is 2.23. The maximum atomic E-state index is 11.8. The van der Waals surface area contributed by atoms with Crippen LogP contribution >= 0.6 is 0 Å². The Morgan fingerprint density at radius 2 is 2.09 bits per heavy atom. The highest BCUT2D eigenvalue weighted by molar-refractivity contribution is 7.91. The van der Waals surface area contributed by atoms with E-state index in [1.807, 2.05) is 12.1 Å². The van der Waals surface area contributed by atoms with E-state index in [9.17, 15) is 13.2 Å². The van der Waals surface area contributed by atoms with E-state index >= 15 is 0 Å². The average molecular weight is 340 g/mol. The number of pyridine rings is 1. The van der Waals surface area contributed by atoms with Gasteiger partial charge in [-0.05, 0) is 31.9 Å². The van der Waals surface area contributed by atoms with Crippen molar-refractivity contribution >= 4 is 21.7 Å². The third-order valence-corrected chi connectivity index (χ3v) is 5.69. The largest absolute Gasteiger partial charge is 0.357 e. The summed E-state index contributed by atoms with van der Waals surface area (Å²) < 4.78 is 22.7. The van der Waals surface area contributed by atoms with Crippen molar-refractivity contribution in [2.45, 2.75) is 32.9 Å². The van der Waals surface area contributed by atoms with Crippen molar-refractivity contribution < 1.29 is 13.2 Å². The van der Waals surface area contributed by atoms with Gasteiger partial charge in [-0.15, -0.1) is 0 Å². The number of nitrogens with zero attached hydrogens (tertiary/aromatic N) is 2. The van der Waals surface area contributed by atoms with E-state index in [1.165, 1.54) is 0 Å². The van der Waals surface area contributed by atoms with Crippen molar-refractivity contribution in [1.29, 1.82) is 0 Å². The normalized spacial score (nSPS) is 19.3. The molecule has 2 amide bonds. The number of amides is 2. The van der Waals surface area contributed by atoms with Crippen molar-refractivity contribution in [2.24, 2.45) is 0 Å². The molecule has 128 valence electrons. The number of carbonyl (C=O) groups excluding carboxylic acids is 1. The SMILES string of the molecule is CCN(CC)c1ccc(CNC(=O)NC2CCS(=O)(=O)C2)cn1. The molecule has 0 aliphatic carbocycles. The molecular weight excluding hydrogens is 316 g/mol. The zero-order valence-electron chi connectivity index (χ0n) is 13.6. The number of aromatic nitrogens is 1. The highest BCUT2D eigenvalue weighted by Crippen LogP contribution is 2.12. The fourth-order valence-corrected chi connectivity index (χ4v) is 4.26. The molecule has 23 heavy (non-hydrogen) atoms. The van der Waals surface area contributed by atoms with Gasteiger partial charge in [-0.1, -0.05) is 6.07 Å². The minimum Gasteiger partial charge on any atom is -0.357 e. The van der Waals surface area contributed by atoms with Gasteiger partial charge >= 0.3 is 6.03 Å². The van der Waals surface area contributed by atoms with Gasteiger partial charge in [0.2, 0.25) is 0 Å². The molecule has 0 bridgehead atoms. The number of urea groups is 1. The van der Waals surface area contributed by atoms with Gasteiger partial charge in [0, 0.05) is 31.9 Å². The lowest BCUT2D eigenvalue weighted by Gasteiger charge is -2.19. The zero-order valence-corrected chi connectivity index (χ0v) is 14.4. The average Bonchev–Trinajstić information content (AvgIpc) is 2.86. The zero-order chi connectivity index (χ0) is 16.9. The molecule has 1 unspecified atom stereocenters. The molecule has 0 radical (unpaired) electrons. The second-order valence-electron chi connectivity index (χ2n) is 5.62. The minimum atomic E-state index is -2.98. The van der Waals surface area contributed by atoms with Gasteiger partial charge in [0.25, 0.3) is 0 Å². The Balaban J connectivity index is 1.80. The number of anilines is 1. The Bertz CT molecular complexity index is 627. The van der Waals surface area contributed by atoms with E-state index in [-0.39, 0.29) is 23.6 Å². The van der Waals surface area contributed by atoms with E-state index in [0.717, 1.165) is 24.5 Å². The Hall–Kier alpha value is -1.83. The number of nitrogens with one attached hydrogen (secondary N) is 2. The van der Waals surface area contributed by atoms with Crippen molar-refractivity contribution in [1.82, 2.24) is 15.6 Å². The van der Waals surface area contributed by atoms with Gasteiger partial charge in [-0.3, -0.25) is 0 Å². The molecule has 1 saturated heterocycles. The number of rotatable bonds is 6. The molecule has 8 heteroatoms. The highest BCUT2D eigenvalue weighted by atomic mass is 32.2. The molecule has 1 fully saturated rings. The molecule has 0 saturated carbocycles. The van der Waals surface area contributed by atoms with Crippen LogP contribution in [0.5, 0.6) is 0 Å². The molecule has 1 aromatic heterocycles. The van der Waals surface area contributed by atoms with Crippen LogP contribution in [0.4, 0.5) is 10.6 Å². The van der Waals surface area contributed by atoms with Gasteiger partial charge in [-0.25, -0.2) is 18.2 Å². The lowest BCUT2D eigenvalue weighted by atomic mass is 10.2. The quantitative estimate of drug-likeness (QED) is 0.803. The molecular formula is C15H24N4O3S. The van der Waals surface area contributed by atoms with Crippen molar-refractivity contribution in [3.63, 3.8) is 0 Å². The summed E-state index contributed by atoms with van der Waals surface area (Å²) in [7, 11) is -2.98. The van der Waals surface area contributed by atoms with Crippen LogP contribution in [0.2, 0.25) is 0 Å². The van der Waals surface area contributed by atoms with Crippen molar-refractivity contribution in [3.8, 4) is 0 Å². The van der Waals surface area contributed by atoms with Crippen LogP contribution in [0.25, 0.3) is 0 Å². The van der Waals surface area contributed by atoms with Gasteiger partial charge < -0.3 is 15.5 Å². The predicted octanol–water partition coefficient (Wildman–Crippen LogP) is 0.914. The summed E-state index contributed by atoms with van der Waals surface area (Å²) in [6, 6.07) is 3.23. The summed E-state index contributed by atoms with van der Waals surface area (Å²) in [4.78, 5) is 18.3.